The van der Waals surface area contributed by atoms with E-state index in [1.165, 1.54) is 30.3 Å². The standard InChI is InChI=1S/C20H8O6/c1-2-8-6-7-11-14-12(8)19(23)26-18-13-9(4-3-5-10(13)21)17(22)16(15(14)18)20(24)25-11/h1,3-7,22-23H. The van der Waals surface area contributed by atoms with Crippen molar-refractivity contribution in [1.82, 2.24) is 0 Å². The summed E-state index contributed by atoms with van der Waals surface area (Å²) in [6, 6.07) is 7.26. The van der Waals surface area contributed by atoms with Gasteiger partial charge in [-0.05, 0) is 18.2 Å². The minimum absolute atomic E-state index is 0.00419. The van der Waals surface area contributed by atoms with Gasteiger partial charge in [0.1, 0.15) is 16.7 Å². The zero-order valence-corrected chi connectivity index (χ0v) is 13.0. The Hall–Kier alpha value is -3.98. The van der Waals surface area contributed by atoms with Crippen molar-refractivity contribution >= 4 is 43.5 Å². The first-order chi connectivity index (χ1) is 12.5. The van der Waals surface area contributed by atoms with Gasteiger partial charge in [0.25, 0.3) is 5.95 Å². The number of benzene rings is 3. The minimum atomic E-state index is -0.783. The van der Waals surface area contributed by atoms with Crippen LogP contribution in [-0.2, 0) is 0 Å². The fourth-order valence-electron chi connectivity index (χ4n) is 3.55. The molecule has 5 rings (SSSR count). The number of phenolic OH excluding ortho intramolecular Hbond substituents is 1. The van der Waals surface area contributed by atoms with Crippen LogP contribution in [0.3, 0.4) is 0 Å². The molecule has 6 heteroatoms. The summed E-state index contributed by atoms with van der Waals surface area (Å²) in [7, 11) is 0. The number of rotatable bonds is 0. The zero-order valence-electron chi connectivity index (χ0n) is 13.0. The highest BCUT2D eigenvalue weighted by molar-refractivity contribution is 6.28. The van der Waals surface area contributed by atoms with Crippen LogP contribution in [0.4, 0.5) is 0 Å². The minimum Gasteiger partial charge on any atom is -0.506 e. The highest BCUT2D eigenvalue weighted by atomic mass is 16.5. The lowest BCUT2D eigenvalue weighted by Gasteiger charge is -2.13. The molecule has 0 amide bonds. The van der Waals surface area contributed by atoms with E-state index in [1.54, 1.807) is 0 Å². The van der Waals surface area contributed by atoms with Gasteiger partial charge in [0.2, 0.25) is 0 Å². The Morgan fingerprint density at radius 3 is 2.46 bits per heavy atom. The van der Waals surface area contributed by atoms with Gasteiger partial charge < -0.3 is 19.0 Å². The highest BCUT2D eigenvalue weighted by Crippen LogP contribution is 2.44. The van der Waals surface area contributed by atoms with Crippen LogP contribution < -0.4 is 11.1 Å². The molecular weight excluding hydrogens is 336 g/mol. The third-order valence-corrected chi connectivity index (χ3v) is 4.61. The lowest BCUT2D eigenvalue weighted by molar-refractivity contribution is 0.348. The molecular formula is C20H8O6. The molecule has 3 aromatic carbocycles. The van der Waals surface area contributed by atoms with E-state index >= 15 is 0 Å². The van der Waals surface area contributed by atoms with Crippen molar-refractivity contribution in [3.05, 3.63) is 56.5 Å². The number of hydrogen-bond donors (Lipinski definition) is 2. The third kappa shape index (κ3) is 1.52. The van der Waals surface area contributed by atoms with Crippen LogP contribution in [0.5, 0.6) is 11.7 Å². The van der Waals surface area contributed by atoms with Gasteiger partial charge in [-0.15, -0.1) is 6.42 Å². The normalized spacial score (nSPS) is 11.7. The monoisotopic (exact) mass is 344 g/mol. The zero-order chi connectivity index (χ0) is 18.2. The summed E-state index contributed by atoms with van der Waals surface area (Å²) < 4.78 is 10.8. The number of fused-ring (bicyclic) bond motifs is 2. The molecule has 0 radical (unpaired) electrons. The molecule has 0 spiro atoms. The van der Waals surface area contributed by atoms with Crippen molar-refractivity contribution in [3.63, 3.8) is 0 Å². The van der Waals surface area contributed by atoms with Crippen molar-refractivity contribution < 1.29 is 19.0 Å². The molecule has 0 unspecified atom stereocenters. The summed E-state index contributed by atoms with van der Waals surface area (Å²) in [5.41, 5.74) is -0.717. The SMILES string of the molecule is C#Cc1ccc2oc(=O)c3c(O)c4cccc(=O)c4c4oc(O)c1c2c34. The summed E-state index contributed by atoms with van der Waals surface area (Å²) in [5, 5.41) is 21.8. The van der Waals surface area contributed by atoms with Crippen LogP contribution in [0.1, 0.15) is 5.56 Å². The summed E-state index contributed by atoms with van der Waals surface area (Å²) in [4.78, 5) is 24.9. The summed E-state index contributed by atoms with van der Waals surface area (Å²) in [6.45, 7) is 0. The van der Waals surface area contributed by atoms with Crippen LogP contribution in [0, 0.1) is 12.3 Å². The second kappa shape index (κ2) is 4.55. The summed E-state index contributed by atoms with van der Waals surface area (Å²) >= 11 is 0. The quantitative estimate of drug-likeness (QED) is 0.194. The van der Waals surface area contributed by atoms with Crippen LogP contribution in [0.15, 0.2) is 48.8 Å². The third-order valence-electron chi connectivity index (χ3n) is 4.61. The largest absolute Gasteiger partial charge is 0.506 e. The van der Waals surface area contributed by atoms with Crippen molar-refractivity contribution in [2.75, 3.05) is 0 Å². The van der Waals surface area contributed by atoms with Gasteiger partial charge in [-0.25, -0.2) is 4.79 Å². The highest BCUT2D eigenvalue weighted by Gasteiger charge is 2.25. The smallest absolute Gasteiger partial charge is 0.348 e. The Bertz CT molecular complexity index is 1550. The number of phenols is 1. The molecule has 0 aliphatic heterocycles. The molecule has 0 aliphatic rings. The predicted octanol–water partition coefficient (Wildman–Crippen LogP) is 3.04. The van der Waals surface area contributed by atoms with Gasteiger partial charge in [0, 0.05) is 21.7 Å². The first kappa shape index (κ1) is 14.4. The number of terminal acetylenes is 1. The van der Waals surface area contributed by atoms with Crippen LogP contribution in [0.25, 0.3) is 43.5 Å². The first-order valence-electron chi connectivity index (χ1n) is 7.62. The van der Waals surface area contributed by atoms with E-state index in [0.29, 0.717) is 10.9 Å². The van der Waals surface area contributed by atoms with Gasteiger partial charge in [0.05, 0.1) is 10.8 Å². The molecule has 124 valence electrons. The molecule has 0 saturated heterocycles. The Morgan fingerprint density at radius 2 is 1.69 bits per heavy atom. The second-order valence-electron chi connectivity index (χ2n) is 5.91. The molecule has 0 fully saturated rings. The van der Waals surface area contributed by atoms with E-state index in [-0.39, 0.29) is 43.8 Å². The molecule has 2 aromatic heterocycles. The van der Waals surface area contributed by atoms with E-state index in [9.17, 15) is 19.8 Å². The summed E-state index contributed by atoms with van der Waals surface area (Å²) in [6.07, 6.45) is 5.50. The van der Waals surface area contributed by atoms with Crippen molar-refractivity contribution in [2.24, 2.45) is 0 Å². The van der Waals surface area contributed by atoms with E-state index < -0.39 is 17.0 Å². The molecule has 0 saturated carbocycles. The van der Waals surface area contributed by atoms with Crippen LogP contribution >= 0.6 is 0 Å². The summed E-state index contributed by atoms with van der Waals surface area (Å²) in [5.74, 6) is 1.56. The molecule has 0 atom stereocenters. The fourth-order valence-corrected chi connectivity index (χ4v) is 3.55. The Kier molecular flexibility index (Phi) is 2.52. The van der Waals surface area contributed by atoms with Crippen molar-refractivity contribution in [1.29, 1.82) is 0 Å². The van der Waals surface area contributed by atoms with Gasteiger partial charge in [-0.1, -0.05) is 18.1 Å². The first-order valence-corrected chi connectivity index (χ1v) is 7.62. The Labute approximate surface area is 143 Å². The maximum atomic E-state index is 12.5. The predicted molar refractivity (Wildman–Crippen MR) is 96.0 cm³/mol. The molecule has 2 heterocycles. The van der Waals surface area contributed by atoms with E-state index in [1.807, 2.05) is 0 Å². The molecule has 0 bridgehead atoms. The lowest BCUT2D eigenvalue weighted by atomic mass is 9.96. The Morgan fingerprint density at radius 1 is 0.885 bits per heavy atom. The van der Waals surface area contributed by atoms with Crippen molar-refractivity contribution in [2.45, 2.75) is 0 Å². The fraction of sp³-hybridized carbons (Fsp3) is 0. The maximum Gasteiger partial charge on any atom is 0.348 e. The molecule has 26 heavy (non-hydrogen) atoms. The van der Waals surface area contributed by atoms with E-state index in [2.05, 4.69) is 5.92 Å². The molecule has 0 aliphatic carbocycles. The number of aromatic hydroxyl groups is 2. The topological polar surface area (TPSA) is 101 Å². The van der Waals surface area contributed by atoms with Gasteiger partial charge in [0.15, 0.2) is 11.0 Å². The van der Waals surface area contributed by atoms with Gasteiger partial charge in [-0.3, -0.25) is 4.79 Å². The van der Waals surface area contributed by atoms with E-state index in [0.717, 1.165) is 0 Å². The van der Waals surface area contributed by atoms with E-state index in [4.69, 9.17) is 15.3 Å². The van der Waals surface area contributed by atoms with Gasteiger partial charge in [-0.2, -0.15) is 0 Å². The Balaban J connectivity index is 2.33. The number of hydrogen-bond acceptors (Lipinski definition) is 6. The molecule has 5 aromatic rings. The average molecular weight is 344 g/mol. The van der Waals surface area contributed by atoms with Crippen LogP contribution in [-0.4, -0.2) is 10.2 Å². The van der Waals surface area contributed by atoms with Crippen LogP contribution in [0.2, 0.25) is 0 Å². The average Bonchev–Trinajstić information content (AvgIpc) is 2.63. The van der Waals surface area contributed by atoms with Crippen molar-refractivity contribution in [3.8, 4) is 24.0 Å². The molecule has 2 N–H and O–H groups in total. The second-order valence-corrected chi connectivity index (χ2v) is 5.91. The molecule has 6 nitrogen and oxygen atoms in total. The van der Waals surface area contributed by atoms with Gasteiger partial charge >= 0.3 is 5.63 Å². The maximum absolute atomic E-state index is 12.5. The lowest BCUT2D eigenvalue weighted by Crippen LogP contribution is -2.06.